The van der Waals surface area contributed by atoms with Crippen LogP contribution in [0.1, 0.15) is 77.9 Å². The number of hydrogen-bond acceptors (Lipinski definition) is 11. The van der Waals surface area contributed by atoms with Crippen molar-refractivity contribution in [3.8, 4) is 23.3 Å². The van der Waals surface area contributed by atoms with Gasteiger partial charge in [0, 0.05) is 49.3 Å². The van der Waals surface area contributed by atoms with Gasteiger partial charge in [-0.05, 0) is 109 Å². The summed E-state index contributed by atoms with van der Waals surface area (Å²) < 4.78 is 35.0. The van der Waals surface area contributed by atoms with Crippen LogP contribution in [-0.2, 0) is 16.1 Å². The van der Waals surface area contributed by atoms with Crippen LogP contribution in [-0.4, -0.2) is 70.4 Å². The van der Waals surface area contributed by atoms with Crippen LogP contribution >= 0.6 is 0 Å². The van der Waals surface area contributed by atoms with Gasteiger partial charge in [-0.25, -0.2) is 4.39 Å². The molecular formula is C49H51FN4O9. The second-order valence-electron chi connectivity index (χ2n) is 16.1. The van der Waals surface area contributed by atoms with Gasteiger partial charge >= 0.3 is 0 Å². The molecule has 0 bridgehead atoms. The Hall–Kier alpha value is -6.40. The van der Waals surface area contributed by atoms with E-state index in [1.165, 1.54) is 31.4 Å². The van der Waals surface area contributed by atoms with Crippen molar-refractivity contribution in [1.29, 1.82) is 5.26 Å². The number of rotatable bonds is 19. The lowest BCUT2D eigenvalue weighted by atomic mass is 9.55. The highest BCUT2D eigenvalue weighted by atomic mass is 19.1. The molecule has 13 nitrogen and oxygen atoms in total. The Labute approximate surface area is 365 Å². The van der Waals surface area contributed by atoms with Gasteiger partial charge < -0.3 is 34.2 Å². The molecule has 1 aliphatic heterocycles. The first-order chi connectivity index (χ1) is 30.6. The first-order valence-electron chi connectivity index (χ1n) is 21.2. The molecule has 1 amide bonds. The lowest BCUT2D eigenvalue weighted by Crippen LogP contribution is -2.70. The molecule has 4 aromatic carbocycles. The molecule has 3 aliphatic rings. The molecule has 7 rings (SSSR count). The molecule has 63 heavy (non-hydrogen) atoms. The van der Waals surface area contributed by atoms with E-state index in [0.29, 0.717) is 59.6 Å². The van der Waals surface area contributed by atoms with Crippen LogP contribution in [0.25, 0.3) is 0 Å². The average molecular weight is 859 g/mol. The van der Waals surface area contributed by atoms with Gasteiger partial charge in [0.25, 0.3) is 11.6 Å². The Bertz CT molecular complexity index is 2380. The van der Waals surface area contributed by atoms with Crippen LogP contribution in [0.4, 0.5) is 10.1 Å². The number of aliphatic hydroxyl groups excluding tert-OH is 2. The van der Waals surface area contributed by atoms with E-state index in [-0.39, 0.29) is 67.9 Å². The Morgan fingerprint density at radius 3 is 2.44 bits per heavy atom. The van der Waals surface area contributed by atoms with Crippen LogP contribution < -0.4 is 9.47 Å². The number of non-ortho nitro benzene ring substituents is 1. The van der Waals surface area contributed by atoms with E-state index < -0.39 is 28.5 Å². The zero-order valence-corrected chi connectivity index (χ0v) is 35.1. The third-order valence-corrected chi connectivity index (χ3v) is 12.3. The number of hydrogen-bond donors (Lipinski definition) is 2. The first kappa shape index (κ1) is 44.6. The number of benzene rings is 4. The maximum Gasteiger partial charge on any atom is 0.273 e. The van der Waals surface area contributed by atoms with Crippen molar-refractivity contribution in [3.63, 3.8) is 0 Å². The third-order valence-electron chi connectivity index (χ3n) is 12.3. The quantitative estimate of drug-likeness (QED) is 0.0400. The predicted octanol–water partition coefficient (Wildman–Crippen LogP) is 9.00. The van der Waals surface area contributed by atoms with Gasteiger partial charge in [0.15, 0.2) is 0 Å². The summed E-state index contributed by atoms with van der Waals surface area (Å²) in [6.07, 6.45) is 8.08. The van der Waals surface area contributed by atoms with E-state index in [0.717, 1.165) is 24.0 Å². The van der Waals surface area contributed by atoms with Crippen molar-refractivity contribution in [1.82, 2.24) is 4.90 Å². The van der Waals surface area contributed by atoms with Gasteiger partial charge in [-0.2, -0.15) is 5.26 Å². The maximum atomic E-state index is 15.1. The van der Waals surface area contributed by atoms with Crippen molar-refractivity contribution in [2.75, 3.05) is 26.9 Å². The van der Waals surface area contributed by atoms with Crippen LogP contribution in [0.2, 0.25) is 0 Å². The van der Waals surface area contributed by atoms with Gasteiger partial charge in [-0.1, -0.05) is 48.3 Å². The van der Waals surface area contributed by atoms with E-state index in [1.54, 1.807) is 71.6 Å². The van der Waals surface area contributed by atoms with Crippen molar-refractivity contribution >= 4 is 17.3 Å². The summed E-state index contributed by atoms with van der Waals surface area (Å²) in [7, 11) is 1.47. The van der Waals surface area contributed by atoms with E-state index in [1.807, 2.05) is 6.07 Å². The van der Waals surface area contributed by atoms with Gasteiger partial charge in [-0.15, -0.1) is 6.58 Å². The summed E-state index contributed by atoms with van der Waals surface area (Å²) in [5.74, 6) is -2.30. The number of amides is 1. The number of oxime groups is 1. The number of carbonyl (C=O) groups excluding carboxylic acids is 1. The third kappa shape index (κ3) is 9.51. The topological polar surface area (TPSA) is 177 Å². The molecule has 6 atom stereocenters. The molecule has 1 fully saturated rings. The van der Waals surface area contributed by atoms with Gasteiger partial charge in [0.1, 0.15) is 36.2 Å². The molecule has 14 heteroatoms. The van der Waals surface area contributed by atoms with Crippen molar-refractivity contribution in [3.05, 3.63) is 153 Å². The summed E-state index contributed by atoms with van der Waals surface area (Å²) in [6, 6.07) is 24.9. The number of carbonyl (C=O) groups is 1. The Kier molecular flexibility index (Phi) is 14.3. The number of unbranched alkanes of at least 4 members (excludes halogenated alkanes) is 2. The predicted molar refractivity (Wildman–Crippen MR) is 233 cm³/mol. The number of nitro groups is 1. The molecule has 328 valence electrons. The summed E-state index contributed by atoms with van der Waals surface area (Å²) >= 11 is 0. The summed E-state index contributed by atoms with van der Waals surface area (Å²) in [5, 5.41) is 45.7. The molecule has 0 saturated heterocycles. The number of aliphatic hydroxyl groups is 2. The number of nitro benzene ring substituents is 1. The maximum absolute atomic E-state index is 15.1. The summed E-state index contributed by atoms with van der Waals surface area (Å²) in [4.78, 5) is 33.5. The number of halogens is 1. The molecule has 0 aromatic heterocycles. The minimum atomic E-state index is -1.58. The van der Waals surface area contributed by atoms with Crippen LogP contribution in [0.15, 0.2) is 120 Å². The molecule has 4 aromatic rings. The van der Waals surface area contributed by atoms with Crippen molar-refractivity contribution < 1.29 is 43.4 Å². The Balaban J connectivity index is 1.46. The fraction of sp³-hybridized carbons (Fsp3) is 0.367. The largest absolute Gasteiger partial charge is 0.459 e. The standard InChI is InChI=1S/C49H51FN4O9/c1-3-25-61-49-45(53(31-33-15-19-36(50)20-16-33)48(57)34-17-13-32(30-51)14-18-34)29-43(52-60-2)41-26-35(9-4-6-23-55)40(12-5-7-24-56)46(47(41)49)42-28-39(21-22-44(42)63-49)62-38-11-8-10-37(27-38)54(58)59/h3,8,10-11,13-22,26-28,35,40,45-47,55-56H,1,4-7,9,12,23-25,29,31H2,2H3/t35-,40+,45-,46+,47+,49+/m0/s1. The lowest BCUT2D eigenvalue weighted by Gasteiger charge is -2.60. The fourth-order valence-corrected chi connectivity index (χ4v) is 9.58. The van der Waals surface area contributed by atoms with Gasteiger partial charge in [-0.3, -0.25) is 14.9 Å². The lowest BCUT2D eigenvalue weighted by molar-refractivity contribution is -0.384. The molecule has 0 unspecified atom stereocenters. The number of allylic oxidation sites excluding steroid dienone is 1. The molecule has 1 saturated carbocycles. The Morgan fingerprint density at radius 1 is 1.03 bits per heavy atom. The zero-order chi connectivity index (χ0) is 44.5. The normalized spacial score (nSPS) is 22.7. The monoisotopic (exact) mass is 858 g/mol. The van der Waals surface area contributed by atoms with Crippen molar-refractivity contribution in [2.24, 2.45) is 22.9 Å². The van der Waals surface area contributed by atoms with Crippen LogP contribution in [0, 0.1) is 45.0 Å². The number of ether oxygens (including phenoxy) is 3. The van der Waals surface area contributed by atoms with E-state index in [9.17, 15) is 30.0 Å². The summed E-state index contributed by atoms with van der Waals surface area (Å²) in [5.41, 5.74) is 3.45. The van der Waals surface area contributed by atoms with E-state index in [2.05, 4.69) is 23.9 Å². The van der Waals surface area contributed by atoms with Crippen molar-refractivity contribution in [2.45, 2.75) is 69.2 Å². The molecule has 2 N–H and O–H groups in total. The van der Waals surface area contributed by atoms with Crippen LogP contribution in [0.5, 0.6) is 17.2 Å². The minimum Gasteiger partial charge on any atom is -0.459 e. The van der Waals surface area contributed by atoms with Crippen LogP contribution in [0.3, 0.4) is 0 Å². The molecule has 2 aliphatic carbocycles. The average Bonchev–Trinajstić information content (AvgIpc) is 3.29. The molecule has 0 radical (unpaired) electrons. The number of nitriles is 1. The molecule has 1 heterocycles. The number of nitrogens with zero attached hydrogens (tertiary/aromatic N) is 4. The highest BCUT2D eigenvalue weighted by molar-refractivity contribution is 6.03. The zero-order valence-electron chi connectivity index (χ0n) is 35.1. The minimum absolute atomic E-state index is 0.0207. The smallest absolute Gasteiger partial charge is 0.273 e. The molecular weight excluding hydrogens is 808 g/mol. The first-order valence-corrected chi connectivity index (χ1v) is 21.2. The molecule has 0 spiro atoms. The van der Waals surface area contributed by atoms with Gasteiger partial charge in [0.2, 0.25) is 5.79 Å². The van der Waals surface area contributed by atoms with Gasteiger partial charge in [0.05, 0.1) is 40.9 Å². The number of fused-ring (bicyclic) bond motifs is 2. The Morgan fingerprint density at radius 2 is 1.76 bits per heavy atom. The summed E-state index contributed by atoms with van der Waals surface area (Å²) in [6.45, 7) is 4.12. The SMILES string of the molecule is C=CCO[C@@]12Oc3ccc(Oc4cccc([N+](=O)[O-])c4)cc3[C@H]3[C@H](CCCCO)[C@@H](CCCCO)C=C(C(=NOC)C[C@@H]1N(Cc1ccc(F)cc1)C(=O)c1ccc(C#N)cc1)[C@H]32. The second-order valence-corrected chi connectivity index (χ2v) is 16.1. The highest BCUT2D eigenvalue weighted by Crippen LogP contribution is 2.62. The fourth-order valence-electron chi connectivity index (χ4n) is 9.58. The highest BCUT2D eigenvalue weighted by Gasteiger charge is 2.65. The van der Waals surface area contributed by atoms with E-state index >= 15 is 4.79 Å². The van der Waals surface area contributed by atoms with E-state index in [4.69, 9.17) is 19.0 Å². The second kappa shape index (κ2) is 20.2.